The normalized spacial score (nSPS) is 17.1. The van der Waals surface area contributed by atoms with Crippen LogP contribution in [-0.4, -0.2) is 70.2 Å². The number of carbonyl (C=O) groups excluding carboxylic acids is 1. The molecule has 1 amide bonds. The molecule has 1 aliphatic heterocycles. The van der Waals surface area contributed by atoms with Crippen molar-refractivity contribution >= 4 is 23.5 Å². The Labute approximate surface area is 123 Å². The van der Waals surface area contributed by atoms with Gasteiger partial charge in [0.25, 0.3) is 5.91 Å². The number of carbonyl (C=O) groups is 1. The predicted molar refractivity (Wildman–Crippen MR) is 79.8 cm³/mol. The van der Waals surface area contributed by atoms with Gasteiger partial charge in [-0.3, -0.25) is 9.78 Å². The van der Waals surface area contributed by atoms with E-state index < -0.39 is 6.10 Å². The third kappa shape index (κ3) is 3.83. The first kappa shape index (κ1) is 15.1. The lowest BCUT2D eigenvalue weighted by Gasteiger charge is -2.36. The number of hydrogen-bond acceptors (Lipinski definition) is 6. The number of aromatic nitrogens is 2. The zero-order chi connectivity index (χ0) is 14.4. The molecule has 1 N–H and O–H groups in total. The molecule has 0 spiro atoms. The molecule has 1 fully saturated rings. The van der Waals surface area contributed by atoms with Crippen LogP contribution in [0.3, 0.4) is 0 Å². The summed E-state index contributed by atoms with van der Waals surface area (Å²) in [5.74, 6) is 1.48. The van der Waals surface area contributed by atoms with Gasteiger partial charge in [0.05, 0.1) is 6.20 Å². The molecule has 110 valence electrons. The lowest BCUT2D eigenvalue weighted by atomic mass is 10.2. The Kier molecular flexibility index (Phi) is 5.60. The van der Waals surface area contributed by atoms with E-state index in [2.05, 4.69) is 14.9 Å². The smallest absolute Gasteiger partial charge is 0.251 e. The molecule has 2 rings (SSSR count). The first-order chi connectivity index (χ1) is 9.72. The number of aliphatic hydroxyl groups excluding tert-OH is 1. The lowest BCUT2D eigenvalue weighted by Crippen LogP contribution is -2.51. The number of nitrogens with zero attached hydrogens (tertiary/aromatic N) is 4. The average molecular weight is 296 g/mol. The van der Waals surface area contributed by atoms with Gasteiger partial charge in [0.1, 0.15) is 11.9 Å². The topological polar surface area (TPSA) is 69.6 Å². The largest absolute Gasteiger partial charge is 0.383 e. The van der Waals surface area contributed by atoms with Crippen LogP contribution in [-0.2, 0) is 4.79 Å². The zero-order valence-corrected chi connectivity index (χ0v) is 12.4. The van der Waals surface area contributed by atoms with E-state index in [0.29, 0.717) is 19.5 Å². The number of hydrogen-bond donors (Lipinski definition) is 1. The van der Waals surface area contributed by atoms with Gasteiger partial charge in [-0.2, -0.15) is 11.8 Å². The third-order valence-corrected chi connectivity index (χ3v) is 3.99. The molecule has 1 aromatic rings. The molecule has 1 aromatic heterocycles. The summed E-state index contributed by atoms with van der Waals surface area (Å²) in [5, 5.41) is 9.84. The maximum atomic E-state index is 12.1. The van der Waals surface area contributed by atoms with Gasteiger partial charge in [-0.15, -0.1) is 0 Å². The fraction of sp³-hybridized carbons (Fsp3) is 0.615. The van der Waals surface area contributed by atoms with Gasteiger partial charge in [-0.25, -0.2) is 4.98 Å². The maximum absolute atomic E-state index is 12.1. The van der Waals surface area contributed by atoms with Gasteiger partial charge < -0.3 is 14.9 Å². The number of rotatable bonds is 5. The minimum absolute atomic E-state index is 0.155. The van der Waals surface area contributed by atoms with E-state index in [1.165, 1.54) is 0 Å². The van der Waals surface area contributed by atoms with Crippen molar-refractivity contribution < 1.29 is 9.90 Å². The van der Waals surface area contributed by atoms with E-state index in [-0.39, 0.29) is 5.91 Å². The minimum atomic E-state index is -0.870. The summed E-state index contributed by atoms with van der Waals surface area (Å²) in [4.78, 5) is 24.2. The average Bonchev–Trinajstić information content (AvgIpc) is 2.53. The van der Waals surface area contributed by atoms with Crippen molar-refractivity contribution in [3.8, 4) is 0 Å². The first-order valence-corrected chi connectivity index (χ1v) is 8.08. The fourth-order valence-corrected chi connectivity index (χ4v) is 2.63. The molecule has 1 aliphatic rings. The van der Waals surface area contributed by atoms with E-state index in [4.69, 9.17) is 0 Å². The summed E-state index contributed by atoms with van der Waals surface area (Å²) >= 11 is 1.64. The molecule has 0 radical (unpaired) electrons. The molecule has 7 heteroatoms. The van der Waals surface area contributed by atoms with Gasteiger partial charge in [0, 0.05) is 38.6 Å². The molecule has 2 heterocycles. The van der Waals surface area contributed by atoms with Crippen molar-refractivity contribution in [3.05, 3.63) is 18.6 Å². The summed E-state index contributed by atoms with van der Waals surface area (Å²) in [6, 6.07) is 0. The van der Waals surface area contributed by atoms with Gasteiger partial charge in [-0.05, 0) is 18.4 Å². The monoisotopic (exact) mass is 296 g/mol. The van der Waals surface area contributed by atoms with E-state index >= 15 is 0 Å². The Morgan fingerprint density at radius 1 is 1.40 bits per heavy atom. The van der Waals surface area contributed by atoms with Crippen LogP contribution < -0.4 is 4.90 Å². The van der Waals surface area contributed by atoms with Crippen molar-refractivity contribution in [1.82, 2.24) is 14.9 Å². The van der Waals surface area contributed by atoms with Gasteiger partial charge in [-0.1, -0.05) is 0 Å². The van der Waals surface area contributed by atoms with Crippen LogP contribution in [0.5, 0.6) is 0 Å². The molecule has 0 aromatic carbocycles. The second-order valence-electron chi connectivity index (χ2n) is 4.67. The molecule has 20 heavy (non-hydrogen) atoms. The van der Waals surface area contributed by atoms with E-state index in [1.54, 1.807) is 35.3 Å². The Morgan fingerprint density at radius 3 is 2.75 bits per heavy atom. The highest BCUT2D eigenvalue weighted by Gasteiger charge is 2.26. The van der Waals surface area contributed by atoms with Crippen LogP contribution in [0.2, 0.25) is 0 Å². The van der Waals surface area contributed by atoms with Crippen molar-refractivity contribution in [2.75, 3.05) is 43.1 Å². The number of piperazine rings is 1. The zero-order valence-electron chi connectivity index (χ0n) is 11.6. The number of amides is 1. The SMILES string of the molecule is CSCC[C@@H](O)C(=O)N1CCN(c2cnccn2)CC1. The van der Waals surface area contributed by atoms with Gasteiger partial charge in [0.15, 0.2) is 0 Å². The van der Waals surface area contributed by atoms with Crippen molar-refractivity contribution in [2.45, 2.75) is 12.5 Å². The second-order valence-corrected chi connectivity index (χ2v) is 5.66. The van der Waals surface area contributed by atoms with Crippen LogP contribution in [0.15, 0.2) is 18.6 Å². The molecular weight excluding hydrogens is 276 g/mol. The standard InChI is InChI=1S/C13H20N4O2S/c1-20-9-2-11(18)13(19)17-7-5-16(6-8-17)12-10-14-3-4-15-12/h3-4,10-11,18H,2,5-9H2,1H3/t11-/m1/s1. The van der Waals surface area contributed by atoms with Gasteiger partial charge >= 0.3 is 0 Å². The van der Waals surface area contributed by atoms with Crippen LogP contribution in [0.25, 0.3) is 0 Å². The third-order valence-electron chi connectivity index (χ3n) is 3.35. The number of anilines is 1. The summed E-state index contributed by atoms with van der Waals surface area (Å²) in [6.07, 6.45) is 6.65. The highest BCUT2D eigenvalue weighted by atomic mass is 32.2. The maximum Gasteiger partial charge on any atom is 0.251 e. The Bertz CT molecular complexity index is 424. The van der Waals surface area contributed by atoms with Crippen molar-refractivity contribution in [1.29, 1.82) is 0 Å². The summed E-state index contributed by atoms with van der Waals surface area (Å²) < 4.78 is 0. The molecule has 6 nitrogen and oxygen atoms in total. The van der Waals surface area contributed by atoms with Gasteiger partial charge in [0.2, 0.25) is 0 Å². The summed E-state index contributed by atoms with van der Waals surface area (Å²) in [6.45, 7) is 2.68. The fourth-order valence-electron chi connectivity index (χ4n) is 2.17. The van der Waals surface area contributed by atoms with Crippen molar-refractivity contribution in [2.24, 2.45) is 0 Å². The molecular formula is C13H20N4O2S. The predicted octanol–water partition coefficient (Wildman–Crippen LogP) is 0.239. The molecule has 1 atom stereocenters. The second kappa shape index (κ2) is 7.44. The van der Waals surface area contributed by atoms with E-state index in [1.807, 2.05) is 6.26 Å². The molecule has 1 saturated heterocycles. The highest BCUT2D eigenvalue weighted by Crippen LogP contribution is 2.13. The van der Waals surface area contributed by atoms with Crippen LogP contribution in [0.1, 0.15) is 6.42 Å². The van der Waals surface area contributed by atoms with Crippen LogP contribution in [0.4, 0.5) is 5.82 Å². The van der Waals surface area contributed by atoms with Crippen LogP contribution in [0, 0.1) is 0 Å². The molecule has 0 saturated carbocycles. The number of thioether (sulfide) groups is 1. The quantitative estimate of drug-likeness (QED) is 0.839. The lowest BCUT2D eigenvalue weighted by molar-refractivity contribution is -0.140. The van der Waals surface area contributed by atoms with E-state index in [0.717, 1.165) is 24.7 Å². The highest BCUT2D eigenvalue weighted by molar-refractivity contribution is 7.98. The van der Waals surface area contributed by atoms with Crippen LogP contribution >= 0.6 is 11.8 Å². The van der Waals surface area contributed by atoms with E-state index in [9.17, 15) is 9.90 Å². The minimum Gasteiger partial charge on any atom is -0.383 e. The first-order valence-electron chi connectivity index (χ1n) is 6.69. The number of aliphatic hydroxyl groups is 1. The molecule has 0 bridgehead atoms. The molecule has 0 unspecified atom stereocenters. The van der Waals surface area contributed by atoms with Crippen molar-refractivity contribution in [3.63, 3.8) is 0 Å². The summed E-state index contributed by atoms with van der Waals surface area (Å²) in [5.41, 5.74) is 0. The Morgan fingerprint density at radius 2 is 2.15 bits per heavy atom. The Hall–Kier alpha value is -1.34. The Balaban J connectivity index is 1.83. The summed E-state index contributed by atoms with van der Waals surface area (Å²) in [7, 11) is 0. The molecule has 0 aliphatic carbocycles.